The average Bonchev–Trinajstić information content (AvgIpc) is 3.17. The van der Waals surface area contributed by atoms with Crippen LogP contribution in [-0.2, 0) is 29.4 Å². The maximum Gasteiger partial charge on any atom is 0.312 e. The number of rotatable bonds is 5. The second-order valence-corrected chi connectivity index (χ2v) is 8.49. The predicted octanol–water partition coefficient (Wildman–Crippen LogP) is 0.670. The van der Waals surface area contributed by atoms with Crippen LogP contribution in [0.2, 0.25) is 0 Å². The number of fused-ring (bicyclic) bond motifs is 2. The summed E-state index contributed by atoms with van der Waals surface area (Å²) >= 11 is 0. The Kier molecular flexibility index (Phi) is 4.42. The number of nitrogens with zero attached hydrogens (tertiary/aromatic N) is 4. The number of benzene rings is 1. The molecule has 0 spiro atoms. The molecule has 0 fully saturated rings. The van der Waals surface area contributed by atoms with Crippen molar-refractivity contribution in [1.29, 1.82) is 0 Å². The van der Waals surface area contributed by atoms with E-state index in [0.29, 0.717) is 18.9 Å². The molecule has 0 unspecified atom stereocenters. The van der Waals surface area contributed by atoms with Crippen LogP contribution in [0.15, 0.2) is 12.1 Å². The number of nitrogen functional groups attached to an aromatic ring is 1. The summed E-state index contributed by atoms with van der Waals surface area (Å²) in [7, 11) is -3.73. The van der Waals surface area contributed by atoms with Crippen molar-refractivity contribution in [3.05, 3.63) is 40.7 Å². The summed E-state index contributed by atoms with van der Waals surface area (Å²) in [6, 6.07) is 4.03. The van der Waals surface area contributed by atoms with Crippen molar-refractivity contribution in [2.75, 3.05) is 18.1 Å². The topological polar surface area (TPSA) is 139 Å². The first-order chi connectivity index (χ1) is 13.2. The van der Waals surface area contributed by atoms with Crippen LogP contribution >= 0.6 is 0 Å². The number of nitrogens with two attached hydrogens (primary N) is 2. The minimum absolute atomic E-state index is 0.0267. The van der Waals surface area contributed by atoms with Crippen molar-refractivity contribution in [3.63, 3.8) is 0 Å². The largest absolute Gasteiger partial charge is 0.493 e. The van der Waals surface area contributed by atoms with Crippen LogP contribution in [0, 0.1) is 13.0 Å². The predicted molar refractivity (Wildman–Crippen MR) is 101 cm³/mol. The van der Waals surface area contributed by atoms with E-state index in [1.165, 1.54) is 4.57 Å². The van der Waals surface area contributed by atoms with Crippen molar-refractivity contribution in [2.24, 2.45) is 5.14 Å². The second-order valence-electron chi connectivity index (χ2n) is 6.76. The molecule has 0 radical (unpaired) electrons. The average molecular weight is 406 g/mol. The van der Waals surface area contributed by atoms with Crippen LogP contribution in [-0.4, -0.2) is 40.3 Å². The van der Waals surface area contributed by atoms with Gasteiger partial charge in [0.2, 0.25) is 10.0 Å². The smallest absolute Gasteiger partial charge is 0.312 e. The van der Waals surface area contributed by atoms with Crippen LogP contribution in [0.5, 0.6) is 5.75 Å². The molecule has 3 aromatic rings. The van der Waals surface area contributed by atoms with Gasteiger partial charge in [-0.2, -0.15) is 14.4 Å². The molecule has 0 saturated heterocycles. The fourth-order valence-corrected chi connectivity index (χ4v) is 3.82. The lowest BCUT2D eigenvalue weighted by Gasteiger charge is -2.11. The Morgan fingerprint density at radius 2 is 2.07 bits per heavy atom. The summed E-state index contributed by atoms with van der Waals surface area (Å²) in [6.45, 7) is 2.61. The van der Waals surface area contributed by atoms with Gasteiger partial charge in [0, 0.05) is 19.4 Å². The van der Waals surface area contributed by atoms with Gasteiger partial charge in [-0.15, -0.1) is 0 Å². The summed E-state index contributed by atoms with van der Waals surface area (Å²) in [5, 5.41) is 5.13. The minimum atomic E-state index is -3.73. The quantitative estimate of drug-likeness (QED) is 0.594. The molecule has 0 bridgehead atoms. The van der Waals surface area contributed by atoms with E-state index in [4.69, 9.17) is 15.6 Å². The van der Waals surface area contributed by atoms with Gasteiger partial charge in [0.05, 0.1) is 12.4 Å². The molecule has 4 rings (SSSR count). The first kappa shape index (κ1) is 18.6. The Labute approximate surface area is 160 Å². The Morgan fingerprint density at radius 1 is 1.29 bits per heavy atom. The number of hydrogen-bond donors (Lipinski definition) is 2. The highest BCUT2D eigenvalue weighted by Crippen LogP contribution is 2.30. The maximum absolute atomic E-state index is 13.7. The SMILES string of the molecule is Cc1cc2c(cc1Cc1nc3c(N)nc(F)nc3n1CCS(N)(=O)=O)OCC2. The van der Waals surface area contributed by atoms with Crippen LogP contribution in [0.4, 0.5) is 10.2 Å². The molecule has 3 heterocycles. The van der Waals surface area contributed by atoms with E-state index < -0.39 is 16.1 Å². The van der Waals surface area contributed by atoms with Gasteiger partial charge in [0.15, 0.2) is 17.0 Å². The van der Waals surface area contributed by atoms with Crippen LogP contribution in [0.1, 0.15) is 22.5 Å². The van der Waals surface area contributed by atoms with Gasteiger partial charge in [0.25, 0.3) is 0 Å². The monoisotopic (exact) mass is 406 g/mol. The zero-order valence-corrected chi connectivity index (χ0v) is 16.0. The van der Waals surface area contributed by atoms with Crippen molar-refractivity contribution in [1.82, 2.24) is 19.5 Å². The Balaban J connectivity index is 1.80. The van der Waals surface area contributed by atoms with E-state index in [2.05, 4.69) is 21.0 Å². The second kappa shape index (κ2) is 6.67. The van der Waals surface area contributed by atoms with E-state index in [1.54, 1.807) is 0 Å². The summed E-state index contributed by atoms with van der Waals surface area (Å²) in [5.74, 6) is 0.875. The third kappa shape index (κ3) is 3.50. The zero-order valence-electron chi connectivity index (χ0n) is 15.1. The number of anilines is 1. The number of imidazole rings is 1. The van der Waals surface area contributed by atoms with E-state index in [1.807, 2.05) is 13.0 Å². The normalized spacial score (nSPS) is 13.7. The van der Waals surface area contributed by atoms with Crippen molar-refractivity contribution >= 4 is 27.0 Å². The van der Waals surface area contributed by atoms with Gasteiger partial charge in [-0.3, -0.25) is 0 Å². The van der Waals surface area contributed by atoms with Crippen molar-refractivity contribution in [2.45, 2.75) is 26.3 Å². The van der Waals surface area contributed by atoms with Crippen LogP contribution in [0.3, 0.4) is 0 Å². The molecule has 148 valence electrons. The molecular weight excluding hydrogens is 387 g/mol. The number of ether oxygens (including phenoxy) is 1. The highest BCUT2D eigenvalue weighted by atomic mass is 32.2. The van der Waals surface area contributed by atoms with E-state index in [-0.39, 0.29) is 29.3 Å². The third-order valence-electron chi connectivity index (χ3n) is 4.77. The number of hydrogen-bond acceptors (Lipinski definition) is 7. The first-order valence-corrected chi connectivity index (χ1v) is 10.4. The summed E-state index contributed by atoms with van der Waals surface area (Å²) in [5.41, 5.74) is 9.32. The van der Waals surface area contributed by atoms with E-state index in [9.17, 15) is 12.8 Å². The fraction of sp³-hybridized carbons (Fsp3) is 0.353. The zero-order chi connectivity index (χ0) is 20.1. The number of primary sulfonamides is 1. The molecule has 1 aromatic carbocycles. The molecule has 2 aromatic heterocycles. The number of sulfonamides is 1. The highest BCUT2D eigenvalue weighted by molar-refractivity contribution is 7.89. The number of aryl methyl sites for hydroxylation is 2. The number of aromatic nitrogens is 4. The molecule has 9 nitrogen and oxygen atoms in total. The van der Waals surface area contributed by atoms with Gasteiger partial charge in [-0.05, 0) is 29.7 Å². The van der Waals surface area contributed by atoms with E-state index in [0.717, 1.165) is 28.9 Å². The molecule has 1 aliphatic rings. The third-order valence-corrected chi connectivity index (χ3v) is 5.52. The lowest BCUT2D eigenvalue weighted by Crippen LogP contribution is -2.21. The minimum Gasteiger partial charge on any atom is -0.493 e. The van der Waals surface area contributed by atoms with Crippen molar-refractivity contribution < 1.29 is 17.5 Å². The fourth-order valence-electron chi connectivity index (χ4n) is 3.38. The maximum atomic E-state index is 13.7. The van der Waals surface area contributed by atoms with Gasteiger partial charge in [-0.25, -0.2) is 18.5 Å². The molecule has 1 aliphatic heterocycles. The Hall–Kier alpha value is -2.79. The van der Waals surface area contributed by atoms with Gasteiger partial charge < -0.3 is 15.0 Å². The van der Waals surface area contributed by atoms with Crippen LogP contribution in [0.25, 0.3) is 11.2 Å². The summed E-state index contributed by atoms with van der Waals surface area (Å²) in [4.78, 5) is 11.7. The number of halogens is 1. The standard InChI is InChI=1S/C17H19FN6O3S/c1-9-6-10-2-4-27-12(10)7-11(9)8-13-21-14-15(19)22-17(18)23-16(14)24(13)3-5-28(20,25)26/h6-7H,2-5,8H2,1H3,(H2,19,22,23)(H2,20,25,26). The van der Waals surface area contributed by atoms with E-state index >= 15 is 0 Å². The van der Waals surface area contributed by atoms with Gasteiger partial charge in [0.1, 0.15) is 11.6 Å². The molecule has 28 heavy (non-hydrogen) atoms. The molecule has 11 heteroatoms. The van der Waals surface area contributed by atoms with Gasteiger partial charge in [-0.1, -0.05) is 6.07 Å². The molecular formula is C17H19FN6O3S. The highest BCUT2D eigenvalue weighted by Gasteiger charge is 2.20. The van der Waals surface area contributed by atoms with Crippen LogP contribution < -0.4 is 15.6 Å². The lowest BCUT2D eigenvalue weighted by atomic mass is 10.0. The van der Waals surface area contributed by atoms with Crippen molar-refractivity contribution in [3.8, 4) is 5.75 Å². The van der Waals surface area contributed by atoms with Gasteiger partial charge >= 0.3 is 6.08 Å². The molecule has 4 N–H and O–H groups in total. The summed E-state index contributed by atoms with van der Waals surface area (Å²) in [6.07, 6.45) is 0.231. The summed E-state index contributed by atoms with van der Waals surface area (Å²) < 4.78 is 43.7. The molecule has 0 saturated carbocycles. The Bertz CT molecular complexity index is 1190. The first-order valence-electron chi connectivity index (χ1n) is 8.65. The molecule has 0 atom stereocenters. The lowest BCUT2D eigenvalue weighted by molar-refractivity contribution is 0.356. The Morgan fingerprint density at radius 3 is 2.82 bits per heavy atom. The molecule has 0 aliphatic carbocycles. The molecule has 0 amide bonds.